The van der Waals surface area contributed by atoms with Crippen LogP contribution in [0.5, 0.6) is 0 Å². The van der Waals surface area contributed by atoms with Crippen molar-refractivity contribution in [3.63, 3.8) is 0 Å². The molecule has 1 nitrogen and oxygen atoms in total. The summed E-state index contributed by atoms with van der Waals surface area (Å²) in [6, 6.07) is 5.04. The maximum absolute atomic E-state index is 13.2. The molecule has 0 aliphatic carbocycles. The van der Waals surface area contributed by atoms with E-state index in [1.54, 1.807) is 12.1 Å². The van der Waals surface area contributed by atoms with Gasteiger partial charge in [-0.3, -0.25) is 0 Å². The van der Waals surface area contributed by atoms with Gasteiger partial charge in [-0.25, -0.2) is 4.39 Å². The molecule has 2 rings (SSSR count). The monoisotopic (exact) mass is 367 g/mol. The van der Waals surface area contributed by atoms with Crippen LogP contribution in [0.2, 0.25) is 0 Å². The van der Waals surface area contributed by atoms with Crippen molar-refractivity contribution in [2.24, 2.45) is 5.73 Å². The molecule has 1 aromatic heterocycles. The highest BCUT2D eigenvalue weighted by atomic mass is 79.9. The normalized spacial score (nSPS) is 13.5. The Morgan fingerprint density at radius 2 is 1.90 bits per heavy atom. The number of hydrogen-bond acceptors (Lipinski definition) is 2. The van der Waals surface area contributed by atoms with E-state index in [-0.39, 0.29) is 12.0 Å². The molecule has 0 radical (unpaired) electrons. The molecule has 7 heteroatoms. The van der Waals surface area contributed by atoms with Crippen LogP contribution in [0.4, 0.5) is 17.6 Å². The second-order valence-electron chi connectivity index (χ2n) is 4.25. The number of rotatable bonds is 3. The summed E-state index contributed by atoms with van der Waals surface area (Å²) in [6.45, 7) is 0. The Kier molecular flexibility index (Phi) is 4.51. The van der Waals surface area contributed by atoms with Crippen LogP contribution in [0.15, 0.2) is 34.1 Å². The minimum atomic E-state index is -4.54. The van der Waals surface area contributed by atoms with Crippen molar-refractivity contribution in [3.8, 4) is 0 Å². The zero-order chi connectivity index (χ0) is 14.9. The van der Waals surface area contributed by atoms with Gasteiger partial charge in [0.1, 0.15) is 5.82 Å². The lowest BCUT2D eigenvalue weighted by Gasteiger charge is -2.18. The Morgan fingerprint density at radius 3 is 2.45 bits per heavy atom. The fourth-order valence-corrected chi connectivity index (χ4v) is 3.43. The third-order valence-corrected chi connectivity index (χ3v) is 4.41. The predicted octanol–water partition coefficient (Wildman–Crippen LogP) is 4.91. The van der Waals surface area contributed by atoms with Crippen LogP contribution < -0.4 is 5.73 Å². The first-order chi connectivity index (χ1) is 9.27. The van der Waals surface area contributed by atoms with Crippen LogP contribution in [-0.4, -0.2) is 0 Å². The summed E-state index contributed by atoms with van der Waals surface area (Å²) in [5.41, 5.74) is 4.72. The van der Waals surface area contributed by atoms with E-state index in [1.807, 2.05) is 0 Å². The first-order valence-corrected chi connectivity index (χ1v) is 7.25. The van der Waals surface area contributed by atoms with E-state index in [1.165, 1.54) is 11.3 Å². The molecule has 108 valence electrons. The van der Waals surface area contributed by atoms with Gasteiger partial charge in [-0.15, -0.1) is 11.3 Å². The summed E-state index contributed by atoms with van der Waals surface area (Å²) < 4.78 is 52.8. The maximum Gasteiger partial charge on any atom is 0.416 e. The Morgan fingerprint density at radius 1 is 1.20 bits per heavy atom. The van der Waals surface area contributed by atoms with Crippen molar-refractivity contribution in [2.75, 3.05) is 0 Å². The third-order valence-electron chi connectivity index (χ3n) is 2.77. The SMILES string of the molecule is NC(Cc1ccc(Br)s1)c1cc(F)ccc1C(F)(F)F. The molecule has 0 saturated carbocycles. The molecule has 0 saturated heterocycles. The van der Waals surface area contributed by atoms with Crippen molar-refractivity contribution in [1.82, 2.24) is 0 Å². The Hall–Kier alpha value is -0.920. The third kappa shape index (κ3) is 3.59. The molecule has 0 bridgehead atoms. The number of nitrogens with two attached hydrogens (primary N) is 1. The standard InChI is InChI=1S/C13H10BrF4NS/c14-12-4-2-8(20-12)6-11(19)9-5-7(15)1-3-10(9)13(16,17)18/h1-5,11H,6,19H2. The Bertz CT molecular complexity index is 609. The van der Waals surface area contributed by atoms with Crippen LogP contribution in [0.1, 0.15) is 22.0 Å². The lowest BCUT2D eigenvalue weighted by atomic mass is 9.97. The zero-order valence-electron chi connectivity index (χ0n) is 10.0. The molecule has 0 spiro atoms. The van der Waals surface area contributed by atoms with Crippen LogP contribution in [-0.2, 0) is 12.6 Å². The smallest absolute Gasteiger partial charge is 0.324 e. The minimum absolute atomic E-state index is 0.220. The highest BCUT2D eigenvalue weighted by Crippen LogP contribution is 2.36. The molecule has 20 heavy (non-hydrogen) atoms. The molecule has 0 aliphatic rings. The number of halogens is 5. The largest absolute Gasteiger partial charge is 0.416 e. The summed E-state index contributed by atoms with van der Waals surface area (Å²) in [7, 11) is 0. The molecular weight excluding hydrogens is 358 g/mol. The lowest BCUT2D eigenvalue weighted by molar-refractivity contribution is -0.138. The summed E-state index contributed by atoms with van der Waals surface area (Å²) in [6.07, 6.45) is -4.32. The summed E-state index contributed by atoms with van der Waals surface area (Å²) in [5.74, 6) is -0.726. The molecule has 2 N–H and O–H groups in total. The van der Waals surface area contributed by atoms with Gasteiger partial charge in [0.25, 0.3) is 0 Å². The molecule has 0 fully saturated rings. The van der Waals surface area contributed by atoms with Gasteiger partial charge in [-0.05, 0) is 51.8 Å². The van der Waals surface area contributed by atoms with Gasteiger partial charge in [-0.1, -0.05) is 0 Å². The molecule has 0 aliphatic heterocycles. The van der Waals surface area contributed by atoms with E-state index < -0.39 is 23.6 Å². The lowest BCUT2D eigenvalue weighted by Crippen LogP contribution is -2.19. The van der Waals surface area contributed by atoms with Gasteiger partial charge in [0.15, 0.2) is 0 Å². The Balaban J connectivity index is 2.33. The molecule has 0 amide bonds. The van der Waals surface area contributed by atoms with Gasteiger partial charge in [0, 0.05) is 17.3 Å². The number of benzene rings is 1. The molecule has 1 unspecified atom stereocenters. The molecule has 1 heterocycles. The van der Waals surface area contributed by atoms with Gasteiger partial charge < -0.3 is 5.73 Å². The van der Waals surface area contributed by atoms with E-state index in [9.17, 15) is 17.6 Å². The highest BCUT2D eigenvalue weighted by Gasteiger charge is 2.34. The molecule has 1 aromatic carbocycles. The fraction of sp³-hybridized carbons (Fsp3) is 0.231. The number of alkyl halides is 3. The first-order valence-electron chi connectivity index (χ1n) is 5.64. The van der Waals surface area contributed by atoms with Crippen molar-refractivity contribution in [1.29, 1.82) is 0 Å². The average molecular weight is 368 g/mol. The van der Waals surface area contributed by atoms with Crippen molar-refractivity contribution in [3.05, 3.63) is 55.9 Å². The van der Waals surface area contributed by atoms with Crippen molar-refractivity contribution >= 4 is 27.3 Å². The molecule has 1 atom stereocenters. The van der Waals surface area contributed by atoms with Gasteiger partial charge in [0.05, 0.1) is 9.35 Å². The molecular formula is C13H10BrF4NS. The summed E-state index contributed by atoms with van der Waals surface area (Å²) >= 11 is 4.66. The Labute approximate surface area is 125 Å². The first kappa shape index (κ1) is 15.5. The van der Waals surface area contributed by atoms with Crippen molar-refractivity contribution in [2.45, 2.75) is 18.6 Å². The van der Waals surface area contributed by atoms with Crippen LogP contribution in [0.25, 0.3) is 0 Å². The van der Waals surface area contributed by atoms with Crippen molar-refractivity contribution < 1.29 is 17.6 Å². The predicted molar refractivity (Wildman–Crippen MR) is 74.1 cm³/mol. The zero-order valence-corrected chi connectivity index (χ0v) is 12.4. The minimum Gasteiger partial charge on any atom is -0.324 e. The van der Waals surface area contributed by atoms with Crippen LogP contribution in [0, 0.1) is 5.82 Å². The quantitative estimate of drug-likeness (QED) is 0.766. The average Bonchev–Trinajstić information content (AvgIpc) is 2.73. The van der Waals surface area contributed by atoms with E-state index in [2.05, 4.69) is 15.9 Å². The van der Waals surface area contributed by atoms with E-state index in [4.69, 9.17) is 5.73 Å². The maximum atomic E-state index is 13.2. The highest BCUT2D eigenvalue weighted by molar-refractivity contribution is 9.11. The second-order valence-corrected chi connectivity index (χ2v) is 6.79. The topological polar surface area (TPSA) is 26.0 Å². The van der Waals surface area contributed by atoms with Gasteiger partial charge >= 0.3 is 6.18 Å². The van der Waals surface area contributed by atoms with E-state index in [0.717, 1.165) is 26.9 Å². The number of thiophene rings is 1. The fourth-order valence-electron chi connectivity index (χ4n) is 1.89. The van der Waals surface area contributed by atoms with E-state index >= 15 is 0 Å². The van der Waals surface area contributed by atoms with E-state index in [0.29, 0.717) is 0 Å². The van der Waals surface area contributed by atoms with Gasteiger partial charge in [0.2, 0.25) is 0 Å². The number of hydrogen-bond donors (Lipinski definition) is 1. The van der Waals surface area contributed by atoms with Crippen LogP contribution in [0.3, 0.4) is 0 Å². The summed E-state index contributed by atoms with van der Waals surface area (Å²) in [4.78, 5) is 0.835. The summed E-state index contributed by atoms with van der Waals surface area (Å²) in [5, 5.41) is 0. The second kappa shape index (κ2) is 5.83. The van der Waals surface area contributed by atoms with Crippen LogP contribution >= 0.6 is 27.3 Å². The van der Waals surface area contributed by atoms with Gasteiger partial charge in [-0.2, -0.15) is 13.2 Å². The molecule has 2 aromatic rings.